The first-order valence-electron chi connectivity index (χ1n) is 13.2. The Kier molecular flexibility index (Phi) is 8.10. The van der Waals surface area contributed by atoms with Crippen molar-refractivity contribution in [3.8, 4) is 6.07 Å². The first kappa shape index (κ1) is 28.3. The normalized spacial score (nSPS) is 14.2. The van der Waals surface area contributed by atoms with Crippen LogP contribution in [0.1, 0.15) is 37.9 Å². The number of hydrazine groups is 2. The molecule has 0 aliphatic carbocycles. The maximum absolute atomic E-state index is 13.5. The molecule has 0 unspecified atom stereocenters. The Morgan fingerprint density at radius 1 is 1.10 bits per heavy atom. The molecule has 11 heteroatoms. The van der Waals surface area contributed by atoms with E-state index in [2.05, 4.69) is 58.4 Å². The minimum Gasteiger partial charge on any atom is -0.383 e. The Bertz CT molecular complexity index is 1640. The van der Waals surface area contributed by atoms with Gasteiger partial charge in [-0.3, -0.25) is 15.0 Å². The number of fused-ring (bicyclic) bond motifs is 2. The van der Waals surface area contributed by atoms with Crippen molar-refractivity contribution in [3.63, 3.8) is 0 Å². The fourth-order valence-corrected chi connectivity index (χ4v) is 4.99. The van der Waals surface area contributed by atoms with E-state index in [0.29, 0.717) is 45.1 Å². The molecule has 3 heterocycles. The standard InChI is InChI=1S/C30H31ClF2N8/c1-30(2,3)17-37-27-18(14-34)15-36-28-23(27)10-19(11-24(28)31)38-29(26-16-41(40-39-26)20(12-32)13-33)22-6-4-8-25-21(22)7-5-9-35-25/h4-11,15-16,20,29,38-40H,12-13,17H2,1-3H3,(H,36,37)/t29-/m0/s1. The fraction of sp³-hybridized carbons (Fsp3) is 0.300. The number of nitrogens with one attached hydrogen (secondary N) is 4. The predicted molar refractivity (Wildman–Crippen MR) is 159 cm³/mol. The summed E-state index contributed by atoms with van der Waals surface area (Å²) in [5, 5.41) is 20.2. The Morgan fingerprint density at radius 3 is 2.63 bits per heavy atom. The van der Waals surface area contributed by atoms with E-state index in [0.717, 1.165) is 16.5 Å². The SMILES string of the molecule is CC(C)(C)CNc1c(C#N)cnc2c(Cl)cc(N[C@H](C3=CN(C(CF)CF)NN3)c3cccc4ncccc34)cc12. The van der Waals surface area contributed by atoms with Crippen LogP contribution >= 0.6 is 11.6 Å². The van der Waals surface area contributed by atoms with Crippen LogP contribution in [-0.4, -0.2) is 40.9 Å². The van der Waals surface area contributed by atoms with Gasteiger partial charge >= 0.3 is 0 Å². The minimum atomic E-state index is -0.975. The molecular formula is C30H31ClF2N8. The number of benzene rings is 2. The molecule has 5 rings (SSSR count). The number of halogens is 3. The number of pyridine rings is 2. The van der Waals surface area contributed by atoms with E-state index in [1.165, 1.54) is 11.2 Å². The van der Waals surface area contributed by atoms with Crippen molar-refractivity contribution in [2.24, 2.45) is 5.41 Å². The summed E-state index contributed by atoms with van der Waals surface area (Å²) in [6, 6.07) is 14.1. The molecule has 2 aromatic heterocycles. The number of anilines is 2. The average molecular weight is 577 g/mol. The molecule has 1 aliphatic rings. The molecule has 0 spiro atoms. The van der Waals surface area contributed by atoms with Gasteiger partial charge in [0.2, 0.25) is 0 Å². The third-order valence-electron chi connectivity index (χ3n) is 6.81. The topological polar surface area (TPSA) is 101 Å². The van der Waals surface area contributed by atoms with Gasteiger partial charge in [0.15, 0.2) is 0 Å². The van der Waals surface area contributed by atoms with E-state index in [-0.39, 0.29) is 5.41 Å². The fourth-order valence-electron chi connectivity index (χ4n) is 4.72. The number of hydrogen-bond donors (Lipinski definition) is 4. The Hall–Kier alpha value is -4.20. The molecule has 0 bridgehead atoms. The molecular weight excluding hydrogens is 546 g/mol. The Balaban J connectivity index is 1.63. The van der Waals surface area contributed by atoms with Crippen molar-refractivity contribution in [2.75, 3.05) is 30.5 Å². The lowest BCUT2D eigenvalue weighted by atomic mass is 9.96. The van der Waals surface area contributed by atoms with Crippen LogP contribution in [0.25, 0.3) is 21.8 Å². The molecule has 2 aromatic carbocycles. The third-order valence-corrected chi connectivity index (χ3v) is 7.10. The van der Waals surface area contributed by atoms with Gasteiger partial charge in [-0.05, 0) is 35.2 Å². The monoisotopic (exact) mass is 576 g/mol. The van der Waals surface area contributed by atoms with Crippen molar-refractivity contribution in [2.45, 2.75) is 32.9 Å². The summed E-state index contributed by atoms with van der Waals surface area (Å²) < 4.78 is 27.0. The summed E-state index contributed by atoms with van der Waals surface area (Å²) in [6.07, 6.45) is 4.91. The van der Waals surface area contributed by atoms with Crippen molar-refractivity contribution >= 4 is 44.8 Å². The van der Waals surface area contributed by atoms with E-state index in [4.69, 9.17) is 11.6 Å². The van der Waals surface area contributed by atoms with E-state index >= 15 is 0 Å². The van der Waals surface area contributed by atoms with Crippen LogP contribution in [0.3, 0.4) is 0 Å². The summed E-state index contributed by atoms with van der Waals surface area (Å²) in [5.74, 6) is 0. The van der Waals surface area contributed by atoms with Crippen LogP contribution in [0, 0.1) is 16.7 Å². The van der Waals surface area contributed by atoms with E-state index in [9.17, 15) is 14.0 Å². The minimum absolute atomic E-state index is 0.0357. The zero-order valence-corrected chi connectivity index (χ0v) is 23.7. The van der Waals surface area contributed by atoms with Gasteiger partial charge in [0.25, 0.3) is 0 Å². The van der Waals surface area contributed by atoms with Gasteiger partial charge < -0.3 is 16.1 Å². The van der Waals surface area contributed by atoms with Gasteiger partial charge in [0.05, 0.1) is 39.0 Å². The number of nitriles is 1. The van der Waals surface area contributed by atoms with E-state index < -0.39 is 25.4 Å². The van der Waals surface area contributed by atoms with Gasteiger partial charge in [-0.25, -0.2) is 8.78 Å². The smallest absolute Gasteiger partial charge is 0.114 e. The highest BCUT2D eigenvalue weighted by molar-refractivity contribution is 6.35. The molecule has 212 valence electrons. The summed E-state index contributed by atoms with van der Waals surface area (Å²) in [6.45, 7) is 5.23. The van der Waals surface area contributed by atoms with Gasteiger partial charge in [0, 0.05) is 41.6 Å². The quantitative estimate of drug-likeness (QED) is 0.182. The van der Waals surface area contributed by atoms with Gasteiger partial charge in [-0.15, -0.1) is 5.53 Å². The predicted octanol–water partition coefficient (Wildman–Crippen LogP) is 6.39. The number of aromatic nitrogens is 2. The lowest BCUT2D eigenvalue weighted by Gasteiger charge is -2.24. The molecule has 4 aromatic rings. The summed E-state index contributed by atoms with van der Waals surface area (Å²) in [5.41, 5.74) is 10.5. The average Bonchev–Trinajstić information content (AvgIpc) is 3.44. The van der Waals surface area contributed by atoms with Crippen LogP contribution in [0.4, 0.5) is 20.2 Å². The van der Waals surface area contributed by atoms with Crippen LogP contribution in [-0.2, 0) is 0 Å². The van der Waals surface area contributed by atoms with Gasteiger partial charge in [-0.1, -0.05) is 50.6 Å². The zero-order valence-electron chi connectivity index (χ0n) is 23.0. The number of nitrogens with zero attached hydrogens (tertiary/aromatic N) is 4. The third kappa shape index (κ3) is 5.97. The highest BCUT2D eigenvalue weighted by Crippen LogP contribution is 2.37. The molecule has 1 atom stereocenters. The lowest BCUT2D eigenvalue weighted by molar-refractivity contribution is 0.139. The van der Waals surface area contributed by atoms with Crippen LogP contribution in [0.15, 0.2) is 66.8 Å². The molecule has 0 radical (unpaired) electrons. The second kappa shape index (κ2) is 11.7. The molecule has 0 saturated heterocycles. The second-order valence-corrected chi connectivity index (χ2v) is 11.5. The van der Waals surface area contributed by atoms with Crippen LogP contribution in [0.5, 0.6) is 0 Å². The van der Waals surface area contributed by atoms with Crippen LogP contribution in [0.2, 0.25) is 5.02 Å². The maximum atomic E-state index is 13.5. The van der Waals surface area contributed by atoms with Crippen molar-refractivity contribution in [1.29, 1.82) is 5.26 Å². The Morgan fingerprint density at radius 2 is 1.90 bits per heavy atom. The largest absolute Gasteiger partial charge is 0.383 e. The first-order chi connectivity index (χ1) is 19.7. The highest BCUT2D eigenvalue weighted by Gasteiger charge is 2.28. The van der Waals surface area contributed by atoms with Crippen molar-refractivity contribution in [1.82, 2.24) is 25.9 Å². The summed E-state index contributed by atoms with van der Waals surface area (Å²) in [7, 11) is 0. The molecule has 0 fully saturated rings. The van der Waals surface area contributed by atoms with Crippen molar-refractivity contribution in [3.05, 3.63) is 82.9 Å². The lowest BCUT2D eigenvalue weighted by Crippen LogP contribution is -2.45. The molecule has 0 amide bonds. The molecule has 0 saturated carbocycles. The second-order valence-electron chi connectivity index (χ2n) is 11.1. The van der Waals surface area contributed by atoms with Crippen molar-refractivity contribution < 1.29 is 8.78 Å². The summed E-state index contributed by atoms with van der Waals surface area (Å²) >= 11 is 6.75. The van der Waals surface area contributed by atoms with Gasteiger partial charge in [0.1, 0.15) is 25.5 Å². The molecule has 4 N–H and O–H groups in total. The zero-order chi connectivity index (χ0) is 29.1. The van der Waals surface area contributed by atoms with E-state index in [1.54, 1.807) is 18.5 Å². The highest BCUT2D eigenvalue weighted by atomic mass is 35.5. The molecule has 41 heavy (non-hydrogen) atoms. The molecule has 1 aliphatic heterocycles. The van der Waals surface area contributed by atoms with Crippen LogP contribution < -0.4 is 21.6 Å². The van der Waals surface area contributed by atoms with E-state index in [1.807, 2.05) is 36.4 Å². The number of alkyl halides is 2. The summed E-state index contributed by atoms with van der Waals surface area (Å²) in [4.78, 5) is 8.95. The number of hydrogen-bond acceptors (Lipinski definition) is 8. The van der Waals surface area contributed by atoms with Gasteiger partial charge in [-0.2, -0.15) is 5.26 Å². The molecule has 8 nitrogen and oxygen atoms in total. The first-order valence-corrected chi connectivity index (χ1v) is 13.6. The maximum Gasteiger partial charge on any atom is 0.114 e. The Labute approximate surface area is 242 Å². The number of rotatable bonds is 9.